The van der Waals surface area contributed by atoms with Crippen LogP contribution in [0.4, 0.5) is 17.1 Å². The Morgan fingerprint density at radius 1 is 0.838 bits per heavy atom. The van der Waals surface area contributed by atoms with E-state index in [2.05, 4.69) is 0 Å². The van der Waals surface area contributed by atoms with Gasteiger partial charge in [0, 0.05) is 48.5 Å². The molecule has 1 aliphatic rings. The smallest absolute Gasteiger partial charge is 0.311 e. The number of non-ortho nitro benzene ring substituents is 2. The van der Waals surface area contributed by atoms with Crippen LogP contribution in [0.25, 0.3) is 0 Å². The van der Waals surface area contributed by atoms with Crippen LogP contribution in [0.2, 0.25) is 0 Å². The fourth-order valence-electron chi connectivity index (χ4n) is 3.69. The summed E-state index contributed by atoms with van der Waals surface area (Å²) in [5.41, 5.74) is 0.525. The van der Waals surface area contributed by atoms with Gasteiger partial charge in [0.25, 0.3) is 11.4 Å². The van der Waals surface area contributed by atoms with Crippen LogP contribution in [0.5, 0.6) is 11.5 Å². The molecule has 188 valence electrons. The third-order valence-electron chi connectivity index (χ3n) is 5.64. The maximum atomic E-state index is 12.5. The maximum Gasteiger partial charge on any atom is 0.311 e. The van der Waals surface area contributed by atoms with Crippen molar-refractivity contribution < 1.29 is 33.7 Å². The van der Waals surface area contributed by atoms with Crippen LogP contribution in [-0.4, -0.2) is 40.7 Å². The lowest BCUT2D eigenvalue weighted by Gasteiger charge is -2.16. The number of anilines is 1. The first-order valence-corrected chi connectivity index (χ1v) is 11.0. The average Bonchev–Trinajstić information content (AvgIpc) is 3.29. The molecule has 0 saturated carbocycles. The van der Waals surface area contributed by atoms with E-state index in [9.17, 15) is 34.6 Å². The van der Waals surface area contributed by atoms with Gasteiger partial charge in [-0.25, -0.2) is 0 Å². The number of ether oxygens (including phenoxy) is 2. The summed E-state index contributed by atoms with van der Waals surface area (Å²) in [6.45, 7) is -0.470. The van der Waals surface area contributed by atoms with Crippen molar-refractivity contribution in [2.75, 3.05) is 18.1 Å². The number of nitro benzene ring substituents is 2. The van der Waals surface area contributed by atoms with E-state index in [1.165, 1.54) is 77.7 Å². The molecule has 0 aliphatic carbocycles. The molecule has 0 N–H and O–H groups in total. The highest BCUT2D eigenvalue weighted by Gasteiger charge is 2.36. The first-order chi connectivity index (χ1) is 17.7. The highest BCUT2D eigenvalue weighted by Crippen LogP contribution is 2.28. The second kappa shape index (κ2) is 10.6. The van der Waals surface area contributed by atoms with Crippen molar-refractivity contribution in [2.24, 2.45) is 5.92 Å². The van der Waals surface area contributed by atoms with E-state index in [1.54, 1.807) is 0 Å². The second-order valence-electron chi connectivity index (χ2n) is 8.09. The molecule has 37 heavy (non-hydrogen) atoms. The van der Waals surface area contributed by atoms with Crippen molar-refractivity contribution in [3.05, 3.63) is 98.6 Å². The van der Waals surface area contributed by atoms with Crippen molar-refractivity contribution >= 4 is 34.7 Å². The lowest BCUT2D eigenvalue weighted by molar-refractivity contribution is -0.385. The van der Waals surface area contributed by atoms with Crippen molar-refractivity contribution in [1.82, 2.24) is 0 Å². The molecule has 1 amide bonds. The normalized spacial score (nSPS) is 14.8. The topological polar surface area (TPSA) is 159 Å². The molecule has 12 heteroatoms. The van der Waals surface area contributed by atoms with Gasteiger partial charge in [0.05, 0.1) is 15.8 Å². The SMILES string of the molecule is O=C(COC(=O)[C@H]1CC(=O)N(c2ccc([N+](=O)[O-])cc2)C1)c1ccc(Oc2ccc([N+](=O)[O-])cc2)cc1. The maximum absolute atomic E-state index is 12.5. The Balaban J connectivity index is 1.28. The van der Waals surface area contributed by atoms with Gasteiger partial charge in [0.1, 0.15) is 11.5 Å². The molecule has 0 bridgehead atoms. The number of hydrogen-bond donors (Lipinski definition) is 0. The zero-order chi connectivity index (χ0) is 26.5. The molecular formula is C25H19N3O9. The number of carbonyl (C=O) groups excluding carboxylic acids is 3. The molecule has 0 aromatic heterocycles. The number of amides is 1. The molecule has 1 atom stereocenters. The van der Waals surface area contributed by atoms with Crippen LogP contribution in [0.3, 0.4) is 0 Å². The lowest BCUT2D eigenvalue weighted by Crippen LogP contribution is -2.27. The summed E-state index contributed by atoms with van der Waals surface area (Å²) in [5, 5.41) is 21.5. The van der Waals surface area contributed by atoms with E-state index < -0.39 is 34.1 Å². The van der Waals surface area contributed by atoms with Crippen LogP contribution in [0.15, 0.2) is 72.8 Å². The van der Waals surface area contributed by atoms with Gasteiger partial charge in [0.2, 0.25) is 5.91 Å². The minimum Gasteiger partial charge on any atom is -0.457 e. The molecule has 3 aromatic rings. The molecule has 1 fully saturated rings. The second-order valence-corrected chi connectivity index (χ2v) is 8.09. The Morgan fingerprint density at radius 2 is 1.35 bits per heavy atom. The fourth-order valence-corrected chi connectivity index (χ4v) is 3.69. The molecule has 0 unspecified atom stereocenters. The Bertz CT molecular complexity index is 1350. The standard InChI is InChI=1S/C25H19N3O9/c29-23(16-1-9-21(10-2-16)37-22-11-7-20(8-12-22)28(34)35)15-36-25(31)17-13-24(30)26(14-17)18-3-5-19(6-4-18)27(32)33/h1-12,17H,13-15H2/t17-/m0/s1. The summed E-state index contributed by atoms with van der Waals surface area (Å²) in [5.74, 6) is -1.46. The third kappa shape index (κ3) is 5.93. The monoisotopic (exact) mass is 505 g/mol. The number of nitro groups is 2. The summed E-state index contributed by atoms with van der Waals surface area (Å²) in [4.78, 5) is 59.1. The van der Waals surface area contributed by atoms with Crippen molar-refractivity contribution in [3.8, 4) is 11.5 Å². The lowest BCUT2D eigenvalue weighted by atomic mass is 10.1. The Morgan fingerprint density at radius 3 is 1.89 bits per heavy atom. The first-order valence-electron chi connectivity index (χ1n) is 11.0. The van der Waals surface area contributed by atoms with E-state index in [4.69, 9.17) is 9.47 Å². The molecule has 3 aromatic carbocycles. The number of esters is 1. The van der Waals surface area contributed by atoms with Gasteiger partial charge in [-0.15, -0.1) is 0 Å². The van der Waals surface area contributed by atoms with Crippen LogP contribution < -0.4 is 9.64 Å². The van der Waals surface area contributed by atoms with Gasteiger partial charge < -0.3 is 14.4 Å². The molecule has 1 saturated heterocycles. The Hall–Kier alpha value is -5.13. The van der Waals surface area contributed by atoms with Gasteiger partial charge in [-0.2, -0.15) is 0 Å². The number of Topliss-reactive ketones (excluding diaryl/α,β-unsaturated/α-hetero) is 1. The van der Waals surface area contributed by atoms with Gasteiger partial charge in [-0.3, -0.25) is 34.6 Å². The van der Waals surface area contributed by atoms with Crippen molar-refractivity contribution in [1.29, 1.82) is 0 Å². The zero-order valence-corrected chi connectivity index (χ0v) is 19.1. The highest BCUT2D eigenvalue weighted by atomic mass is 16.6. The highest BCUT2D eigenvalue weighted by molar-refractivity contribution is 6.01. The number of hydrogen-bond acceptors (Lipinski definition) is 9. The molecule has 0 radical (unpaired) electrons. The summed E-state index contributed by atoms with van der Waals surface area (Å²) < 4.78 is 10.7. The van der Waals surface area contributed by atoms with Crippen molar-refractivity contribution in [3.63, 3.8) is 0 Å². The van der Waals surface area contributed by atoms with Crippen LogP contribution in [0, 0.1) is 26.1 Å². The zero-order valence-electron chi connectivity index (χ0n) is 19.1. The van der Waals surface area contributed by atoms with Gasteiger partial charge in [-0.05, 0) is 48.5 Å². The van der Waals surface area contributed by atoms with Gasteiger partial charge >= 0.3 is 5.97 Å². The summed E-state index contributed by atoms with van der Waals surface area (Å²) in [6, 6.07) is 17.0. The van der Waals surface area contributed by atoms with Gasteiger partial charge in [0.15, 0.2) is 12.4 Å². The van der Waals surface area contributed by atoms with Crippen LogP contribution in [-0.2, 0) is 14.3 Å². The number of benzene rings is 3. The number of rotatable bonds is 9. The van der Waals surface area contributed by atoms with Crippen molar-refractivity contribution in [2.45, 2.75) is 6.42 Å². The third-order valence-corrected chi connectivity index (χ3v) is 5.64. The summed E-state index contributed by atoms with van der Waals surface area (Å²) in [7, 11) is 0. The van der Waals surface area contributed by atoms with Crippen LogP contribution in [0.1, 0.15) is 16.8 Å². The summed E-state index contributed by atoms with van der Waals surface area (Å²) in [6.07, 6.45) is -0.0985. The van der Waals surface area contributed by atoms with E-state index in [0.29, 0.717) is 17.2 Å². The quantitative estimate of drug-likeness (QED) is 0.181. The Kier molecular flexibility index (Phi) is 7.19. The molecule has 0 spiro atoms. The van der Waals surface area contributed by atoms with Gasteiger partial charge in [-0.1, -0.05) is 0 Å². The minimum absolute atomic E-state index is 0.0400. The fraction of sp³-hybridized carbons (Fsp3) is 0.160. The van der Waals surface area contributed by atoms with E-state index in [1.807, 2.05) is 0 Å². The first kappa shape index (κ1) is 25.0. The molecule has 12 nitrogen and oxygen atoms in total. The predicted molar refractivity (Wildman–Crippen MR) is 128 cm³/mol. The van der Waals surface area contributed by atoms with Crippen LogP contribution >= 0.6 is 0 Å². The molecular weight excluding hydrogens is 486 g/mol. The molecule has 1 aliphatic heterocycles. The molecule has 1 heterocycles. The molecule has 4 rings (SSSR count). The van der Waals surface area contributed by atoms with E-state index in [-0.39, 0.29) is 35.8 Å². The number of carbonyl (C=O) groups is 3. The average molecular weight is 505 g/mol. The Labute approximate surface area is 209 Å². The summed E-state index contributed by atoms with van der Waals surface area (Å²) >= 11 is 0. The number of ketones is 1. The largest absolute Gasteiger partial charge is 0.457 e. The van der Waals surface area contributed by atoms with E-state index in [0.717, 1.165) is 0 Å². The van der Waals surface area contributed by atoms with E-state index >= 15 is 0 Å². The predicted octanol–water partition coefficient (Wildman–Crippen LogP) is 4.07. The number of nitrogens with zero attached hydrogens (tertiary/aromatic N) is 3. The minimum atomic E-state index is -0.770.